The molecule has 26 heavy (non-hydrogen) atoms. The zero-order valence-electron chi connectivity index (χ0n) is 15.9. The summed E-state index contributed by atoms with van der Waals surface area (Å²) in [6.07, 6.45) is 0. The normalized spacial score (nSPS) is 11.5. The van der Waals surface area contributed by atoms with E-state index in [0.717, 1.165) is 21.3 Å². The van der Waals surface area contributed by atoms with Crippen molar-refractivity contribution in [2.45, 2.75) is 46.4 Å². The summed E-state index contributed by atoms with van der Waals surface area (Å²) >= 11 is 3.62. The van der Waals surface area contributed by atoms with Gasteiger partial charge in [-0.25, -0.2) is 0 Å². The highest BCUT2D eigenvalue weighted by molar-refractivity contribution is 9.10. The van der Waals surface area contributed by atoms with E-state index in [1.54, 1.807) is 0 Å². The Hall–Kier alpha value is -1.56. The van der Waals surface area contributed by atoms with Crippen molar-refractivity contribution in [1.29, 1.82) is 0 Å². The minimum Gasteiger partial charge on any atom is -0.490 e. The van der Waals surface area contributed by atoms with Gasteiger partial charge in [-0.1, -0.05) is 45.8 Å². The molecule has 0 aliphatic carbocycles. The molecule has 0 fully saturated rings. The van der Waals surface area contributed by atoms with Crippen LogP contribution in [-0.2, 0) is 13.2 Å². The minimum atomic E-state index is -0.341. The van der Waals surface area contributed by atoms with E-state index in [4.69, 9.17) is 9.47 Å². The van der Waals surface area contributed by atoms with Gasteiger partial charge in [-0.15, -0.1) is 0 Å². The SMILES string of the molecule is CCOc1cc(CNC(C)(C)CO)c(Br)cc1OCc1ccc(C)cc1. The largest absolute Gasteiger partial charge is 0.490 e. The molecule has 2 aromatic carbocycles. The first-order valence-corrected chi connectivity index (χ1v) is 9.63. The van der Waals surface area contributed by atoms with Crippen molar-refractivity contribution in [2.75, 3.05) is 13.2 Å². The molecule has 0 bridgehead atoms. The Morgan fingerprint density at radius 2 is 1.73 bits per heavy atom. The maximum atomic E-state index is 9.40. The van der Waals surface area contributed by atoms with Crippen molar-refractivity contribution < 1.29 is 14.6 Å². The lowest BCUT2D eigenvalue weighted by Gasteiger charge is -2.24. The molecular weight excluding hydrogens is 394 g/mol. The summed E-state index contributed by atoms with van der Waals surface area (Å²) in [5.74, 6) is 1.44. The van der Waals surface area contributed by atoms with Crippen LogP contribution < -0.4 is 14.8 Å². The molecule has 0 spiro atoms. The zero-order valence-corrected chi connectivity index (χ0v) is 17.5. The van der Waals surface area contributed by atoms with Crippen LogP contribution in [0, 0.1) is 6.92 Å². The van der Waals surface area contributed by atoms with Gasteiger partial charge < -0.3 is 19.9 Å². The van der Waals surface area contributed by atoms with E-state index in [0.29, 0.717) is 25.5 Å². The van der Waals surface area contributed by atoms with Crippen LogP contribution in [0.3, 0.4) is 0 Å². The van der Waals surface area contributed by atoms with Crippen LogP contribution in [0.1, 0.15) is 37.5 Å². The van der Waals surface area contributed by atoms with E-state index in [1.807, 2.05) is 32.9 Å². The van der Waals surface area contributed by atoms with Crippen molar-refractivity contribution >= 4 is 15.9 Å². The third-order valence-electron chi connectivity index (χ3n) is 4.08. The van der Waals surface area contributed by atoms with Crippen molar-refractivity contribution in [1.82, 2.24) is 5.32 Å². The van der Waals surface area contributed by atoms with Crippen LogP contribution in [0.5, 0.6) is 11.5 Å². The van der Waals surface area contributed by atoms with Gasteiger partial charge in [0.25, 0.3) is 0 Å². The first kappa shape index (κ1) is 20.7. The molecule has 4 nitrogen and oxygen atoms in total. The van der Waals surface area contributed by atoms with Crippen LogP contribution in [0.2, 0.25) is 0 Å². The summed E-state index contributed by atoms with van der Waals surface area (Å²) in [5, 5.41) is 12.7. The lowest BCUT2D eigenvalue weighted by atomic mass is 10.1. The third kappa shape index (κ3) is 6.01. The Labute approximate surface area is 164 Å². The molecule has 5 heteroatoms. The number of benzene rings is 2. The lowest BCUT2D eigenvalue weighted by Crippen LogP contribution is -2.42. The molecule has 0 aliphatic rings. The molecule has 0 saturated carbocycles. The molecule has 2 N–H and O–H groups in total. The molecule has 0 radical (unpaired) electrons. The molecule has 2 rings (SSSR count). The number of nitrogens with one attached hydrogen (secondary N) is 1. The second kappa shape index (κ2) is 9.40. The molecule has 142 valence electrons. The number of halogens is 1. The van der Waals surface area contributed by atoms with Gasteiger partial charge in [0.2, 0.25) is 0 Å². The van der Waals surface area contributed by atoms with Gasteiger partial charge in [0.1, 0.15) is 6.61 Å². The second-order valence-corrected chi connectivity index (χ2v) is 7.85. The highest BCUT2D eigenvalue weighted by atomic mass is 79.9. The van der Waals surface area contributed by atoms with Crippen molar-refractivity contribution in [3.63, 3.8) is 0 Å². The molecule has 0 saturated heterocycles. The number of aliphatic hydroxyl groups excluding tert-OH is 1. The standard InChI is InChI=1S/C21H28BrNO3/c1-5-25-19-10-17(12-23-21(3,4)14-24)18(22)11-20(19)26-13-16-8-6-15(2)7-9-16/h6-11,23-24H,5,12-14H2,1-4H3. The number of aliphatic hydroxyl groups is 1. The van der Waals surface area contributed by atoms with Gasteiger partial charge in [-0.3, -0.25) is 0 Å². The summed E-state index contributed by atoms with van der Waals surface area (Å²) in [7, 11) is 0. The smallest absolute Gasteiger partial charge is 0.162 e. The lowest BCUT2D eigenvalue weighted by molar-refractivity contribution is 0.187. The van der Waals surface area contributed by atoms with Crippen LogP contribution in [0.4, 0.5) is 0 Å². The quantitative estimate of drug-likeness (QED) is 0.621. The minimum absolute atomic E-state index is 0.0701. The Morgan fingerprint density at radius 1 is 1.08 bits per heavy atom. The first-order chi connectivity index (χ1) is 12.3. The van der Waals surface area contributed by atoms with Crippen molar-refractivity contribution in [3.05, 3.63) is 57.6 Å². The van der Waals surface area contributed by atoms with Crippen LogP contribution >= 0.6 is 15.9 Å². The molecular formula is C21H28BrNO3. The molecule has 0 heterocycles. The third-order valence-corrected chi connectivity index (χ3v) is 4.82. The van der Waals surface area contributed by atoms with E-state index in [9.17, 15) is 5.11 Å². The molecule has 0 aliphatic heterocycles. The number of aryl methyl sites for hydroxylation is 1. The average molecular weight is 422 g/mol. The summed E-state index contributed by atoms with van der Waals surface area (Å²) in [4.78, 5) is 0. The van der Waals surface area contributed by atoms with Crippen molar-refractivity contribution in [3.8, 4) is 11.5 Å². The first-order valence-electron chi connectivity index (χ1n) is 8.84. The van der Waals surface area contributed by atoms with Gasteiger partial charge >= 0.3 is 0 Å². The van der Waals surface area contributed by atoms with E-state index in [-0.39, 0.29) is 12.1 Å². The Bertz CT molecular complexity index is 714. The van der Waals surface area contributed by atoms with E-state index < -0.39 is 0 Å². The topological polar surface area (TPSA) is 50.7 Å². The highest BCUT2D eigenvalue weighted by Gasteiger charge is 2.17. The van der Waals surface area contributed by atoms with E-state index >= 15 is 0 Å². The van der Waals surface area contributed by atoms with Gasteiger partial charge in [-0.05, 0) is 51.0 Å². The predicted molar refractivity (Wildman–Crippen MR) is 109 cm³/mol. The van der Waals surface area contributed by atoms with Crippen LogP contribution in [0.15, 0.2) is 40.9 Å². The molecule has 0 unspecified atom stereocenters. The van der Waals surface area contributed by atoms with Gasteiger partial charge in [0.05, 0.1) is 13.2 Å². The number of hydrogen-bond donors (Lipinski definition) is 2. The predicted octanol–water partition coefficient (Wildman–Crippen LogP) is 4.60. The fraction of sp³-hybridized carbons (Fsp3) is 0.429. The molecule has 0 amide bonds. The highest BCUT2D eigenvalue weighted by Crippen LogP contribution is 2.34. The fourth-order valence-electron chi connectivity index (χ4n) is 2.33. The Morgan fingerprint density at radius 3 is 2.35 bits per heavy atom. The van der Waals surface area contributed by atoms with Gasteiger partial charge in [0.15, 0.2) is 11.5 Å². The summed E-state index contributed by atoms with van der Waals surface area (Å²) in [5.41, 5.74) is 3.06. The second-order valence-electron chi connectivity index (χ2n) is 6.99. The van der Waals surface area contributed by atoms with Crippen molar-refractivity contribution in [2.24, 2.45) is 0 Å². The fourth-order valence-corrected chi connectivity index (χ4v) is 2.79. The Kier molecular flexibility index (Phi) is 7.50. The number of rotatable bonds is 9. The maximum Gasteiger partial charge on any atom is 0.162 e. The van der Waals surface area contributed by atoms with Gasteiger partial charge in [-0.2, -0.15) is 0 Å². The van der Waals surface area contributed by atoms with Gasteiger partial charge in [0, 0.05) is 16.6 Å². The van der Waals surface area contributed by atoms with Crippen LogP contribution in [-0.4, -0.2) is 23.9 Å². The van der Waals surface area contributed by atoms with Crippen LogP contribution in [0.25, 0.3) is 0 Å². The maximum absolute atomic E-state index is 9.40. The zero-order chi connectivity index (χ0) is 19.2. The van der Waals surface area contributed by atoms with E-state index in [1.165, 1.54) is 5.56 Å². The molecule has 2 aromatic rings. The molecule has 0 atom stereocenters. The summed E-state index contributed by atoms with van der Waals surface area (Å²) < 4.78 is 12.7. The number of ether oxygens (including phenoxy) is 2. The van der Waals surface area contributed by atoms with E-state index in [2.05, 4.69) is 52.4 Å². The average Bonchev–Trinajstić information content (AvgIpc) is 2.62. The monoisotopic (exact) mass is 421 g/mol. The Balaban J connectivity index is 2.15. The molecule has 0 aromatic heterocycles. The summed E-state index contributed by atoms with van der Waals surface area (Å²) in [6.45, 7) is 9.69. The number of hydrogen-bond acceptors (Lipinski definition) is 4. The summed E-state index contributed by atoms with van der Waals surface area (Å²) in [6, 6.07) is 12.2.